The lowest BCUT2D eigenvalue weighted by Gasteiger charge is -2.40. The quantitative estimate of drug-likeness (QED) is 0.877. The first-order chi connectivity index (χ1) is 9.98. The molecule has 1 unspecified atom stereocenters. The van der Waals surface area contributed by atoms with Crippen molar-refractivity contribution in [2.75, 3.05) is 26.2 Å². The number of piperidine rings is 1. The molecule has 0 aliphatic carbocycles. The first-order valence-electron chi connectivity index (χ1n) is 8.07. The van der Waals surface area contributed by atoms with Crippen LogP contribution in [0.25, 0.3) is 0 Å². The van der Waals surface area contributed by atoms with E-state index >= 15 is 0 Å². The number of nitrogens with zero attached hydrogens (tertiary/aromatic N) is 1. The summed E-state index contributed by atoms with van der Waals surface area (Å²) < 4.78 is 0. The van der Waals surface area contributed by atoms with Crippen LogP contribution in [-0.4, -0.2) is 41.4 Å². The van der Waals surface area contributed by atoms with Crippen molar-refractivity contribution in [2.45, 2.75) is 46.1 Å². The summed E-state index contributed by atoms with van der Waals surface area (Å²) >= 11 is 0. The minimum atomic E-state index is -0.424. The molecule has 1 saturated heterocycles. The second-order valence-corrected chi connectivity index (χ2v) is 6.75. The number of aliphatic hydroxyl groups is 2. The van der Waals surface area contributed by atoms with E-state index in [0.29, 0.717) is 6.54 Å². The van der Waals surface area contributed by atoms with E-state index in [0.717, 1.165) is 37.9 Å². The Balaban J connectivity index is 1.94. The summed E-state index contributed by atoms with van der Waals surface area (Å²) in [4.78, 5) is 2.33. The molecule has 3 nitrogen and oxygen atoms in total. The Kier molecular flexibility index (Phi) is 5.42. The van der Waals surface area contributed by atoms with E-state index in [-0.39, 0.29) is 12.0 Å². The normalized spacial score (nSPS) is 20.4. The van der Waals surface area contributed by atoms with Crippen LogP contribution in [0.4, 0.5) is 0 Å². The molecule has 1 heterocycles. The molecule has 3 heteroatoms. The van der Waals surface area contributed by atoms with Crippen molar-refractivity contribution in [1.82, 2.24) is 4.90 Å². The van der Waals surface area contributed by atoms with Crippen molar-refractivity contribution in [3.8, 4) is 0 Å². The maximum Gasteiger partial charge on any atom is 0.0917 e. The minimum absolute atomic E-state index is 0.112. The van der Waals surface area contributed by atoms with Gasteiger partial charge < -0.3 is 15.1 Å². The van der Waals surface area contributed by atoms with Crippen LogP contribution in [0.2, 0.25) is 0 Å². The molecule has 0 aromatic heterocycles. The van der Waals surface area contributed by atoms with Gasteiger partial charge in [-0.1, -0.05) is 36.2 Å². The number of rotatable bonds is 5. The van der Waals surface area contributed by atoms with Gasteiger partial charge in [0, 0.05) is 13.2 Å². The lowest BCUT2D eigenvalue weighted by molar-refractivity contribution is 0.0215. The third-order valence-electron chi connectivity index (χ3n) is 5.06. The molecular weight excluding hydrogens is 262 g/mol. The molecule has 0 amide bonds. The zero-order chi connectivity index (χ0) is 15.5. The summed E-state index contributed by atoms with van der Waals surface area (Å²) in [6.45, 7) is 9.22. The molecule has 0 radical (unpaired) electrons. The lowest BCUT2D eigenvalue weighted by atomic mass is 9.77. The third kappa shape index (κ3) is 4.06. The van der Waals surface area contributed by atoms with Gasteiger partial charge in [-0.25, -0.2) is 0 Å². The van der Waals surface area contributed by atoms with Crippen LogP contribution in [0.15, 0.2) is 18.2 Å². The van der Waals surface area contributed by atoms with Crippen LogP contribution in [0.3, 0.4) is 0 Å². The molecule has 2 rings (SSSR count). The molecule has 118 valence electrons. The number of hydrogen-bond acceptors (Lipinski definition) is 3. The zero-order valence-electron chi connectivity index (χ0n) is 13.6. The monoisotopic (exact) mass is 291 g/mol. The van der Waals surface area contributed by atoms with Crippen molar-refractivity contribution in [1.29, 1.82) is 0 Å². The summed E-state index contributed by atoms with van der Waals surface area (Å²) in [6.07, 6.45) is 2.67. The molecule has 2 N–H and O–H groups in total. The summed E-state index contributed by atoms with van der Waals surface area (Å²) in [5.74, 6) is 0. The van der Waals surface area contributed by atoms with Crippen molar-refractivity contribution in [2.24, 2.45) is 5.41 Å². The predicted molar refractivity (Wildman–Crippen MR) is 86.4 cm³/mol. The highest BCUT2D eigenvalue weighted by molar-refractivity contribution is 5.30. The Morgan fingerprint density at radius 1 is 1.14 bits per heavy atom. The number of benzene rings is 1. The van der Waals surface area contributed by atoms with Crippen LogP contribution in [0.5, 0.6) is 0 Å². The molecule has 0 bridgehead atoms. The standard InChI is InChI=1S/C18H29NO2/c1-4-18(13-20)5-7-19(8-6-18)12-17(21)16-10-14(2)9-15(3)11-16/h9-11,17,20-21H,4-8,12-13H2,1-3H3. The Bertz CT molecular complexity index is 438. The van der Waals surface area contributed by atoms with E-state index in [4.69, 9.17) is 0 Å². The Labute approximate surface area is 128 Å². The van der Waals surface area contributed by atoms with Crippen LogP contribution in [0.1, 0.15) is 49.0 Å². The van der Waals surface area contributed by atoms with Crippen LogP contribution in [-0.2, 0) is 0 Å². The van der Waals surface area contributed by atoms with Crippen molar-refractivity contribution < 1.29 is 10.2 Å². The largest absolute Gasteiger partial charge is 0.396 e. The summed E-state index contributed by atoms with van der Waals surface area (Å²) in [5, 5.41) is 20.1. The first-order valence-corrected chi connectivity index (χ1v) is 8.07. The Morgan fingerprint density at radius 3 is 2.19 bits per heavy atom. The van der Waals surface area contributed by atoms with Gasteiger partial charge in [0.25, 0.3) is 0 Å². The molecule has 1 fully saturated rings. The summed E-state index contributed by atoms with van der Waals surface area (Å²) in [7, 11) is 0. The van der Waals surface area contributed by atoms with Gasteiger partial charge in [0.15, 0.2) is 0 Å². The highest BCUT2D eigenvalue weighted by Crippen LogP contribution is 2.34. The van der Waals surface area contributed by atoms with E-state index in [1.165, 1.54) is 11.1 Å². The smallest absolute Gasteiger partial charge is 0.0917 e. The molecule has 1 atom stereocenters. The third-order valence-corrected chi connectivity index (χ3v) is 5.06. The van der Waals surface area contributed by atoms with E-state index < -0.39 is 6.10 Å². The SMILES string of the molecule is CCC1(CO)CCN(CC(O)c2cc(C)cc(C)c2)CC1. The fourth-order valence-electron chi connectivity index (χ4n) is 3.39. The molecule has 1 aromatic rings. The maximum atomic E-state index is 10.5. The summed E-state index contributed by atoms with van der Waals surface area (Å²) in [5.41, 5.74) is 3.53. The second-order valence-electron chi connectivity index (χ2n) is 6.75. The average Bonchev–Trinajstić information content (AvgIpc) is 2.47. The molecular formula is C18H29NO2. The van der Waals surface area contributed by atoms with Gasteiger partial charge in [0.1, 0.15) is 0 Å². The van der Waals surface area contributed by atoms with E-state index in [1.807, 2.05) is 0 Å². The van der Waals surface area contributed by atoms with E-state index in [2.05, 4.69) is 43.9 Å². The molecule has 21 heavy (non-hydrogen) atoms. The highest BCUT2D eigenvalue weighted by atomic mass is 16.3. The first kappa shape index (κ1) is 16.5. The lowest BCUT2D eigenvalue weighted by Crippen LogP contribution is -2.43. The van der Waals surface area contributed by atoms with Gasteiger partial charge in [-0.2, -0.15) is 0 Å². The molecule has 1 aromatic carbocycles. The molecule has 1 aliphatic heterocycles. The van der Waals surface area contributed by atoms with Gasteiger partial charge in [0.05, 0.1) is 6.10 Å². The minimum Gasteiger partial charge on any atom is -0.396 e. The zero-order valence-corrected chi connectivity index (χ0v) is 13.6. The van der Waals surface area contributed by atoms with Crippen LogP contribution < -0.4 is 0 Å². The van der Waals surface area contributed by atoms with E-state index in [9.17, 15) is 10.2 Å². The Morgan fingerprint density at radius 2 is 1.71 bits per heavy atom. The Hall–Kier alpha value is -0.900. The number of hydrogen-bond donors (Lipinski definition) is 2. The van der Waals surface area contributed by atoms with Gasteiger partial charge in [-0.3, -0.25) is 0 Å². The van der Waals surface area contributed by atoms with Crippen LogP contribution >= 0.6 is 0 Å². The number of aliphatic hydroxyl groups excluding tert-OH is 2. The van der Waals surface area contributed by atoms with Crippen molar-refractivity contribution >= 4 is 0 Å². The van der Waals surface area contributed by atoms with Crippen molar-refractivity contribution in [3.05, 3.63) is 34.9 Å². The van der Waals surface area contributed by atoms with Crippen molar-refractivity contribution in [3.63, 3.8) is 0 Å². The highest BCUT2D eigenvalue weighted by Gasteiger charge is 2.32. The molecule has 1 aliphatic rings. The second kappa shape index (κ2) is 6.91. The van der Waals surface area contributed by atoms with Gasteiger partial charge in [0.2, 0.25) is 0 Å². The average molecular weight is 291 g/mol. The number of aryl methyl sites for hydroxylation is 2. The fourth-order valence-corrected chi connectivity index (χ4v) is 3.39. The summed E-state index contributed by atoms with van der Waals surface area (Å²) in [6, 6.07) is 6.28. The fraction of sp³-hybridized carbons (Fsp3) is 0.667. The van der Waals surface area contributed by atoms with Gasteiger partial charge >= 0.3 is 0 Å². The number of likely N-dealkylation sites (tertiary alicyclic amines) is 1. The van der Waals surface area contributed by atoms with Gasteiger partial charge in [-0.15, -0.1) is 0 Å². The molecule has 0 spiro atoms. The molecule has 0 saturated carbocycles. The van der Waals surface area contributed by atoms with E-state index in [1.54, 1.807) is 0 Å². The van der Waals surface area contributed by atoms with Gasteiger partial charge in [-0.05, 0) is 57.2 Å². The van der Waals surface area contributed by atoms with Crippen LogP contribution in [0, 0.1) is 19.3 Å². The topological polar surface area (TPSA) is 43.7 Å². The maximum absolute atomic E-state index is 10.5. The predicted octanol–water partition coefficient (Wildman–Crippen LogP) is 2.82. The number of β-amino-alcohol motifs (C(OH)–C–C–N with tert-alkyl or cyclic N) is 1.